The Balaban J connectivity index is 2.28. The van der Waals surface area contributed by atoms with Gasteiger partial charge in [0.15, 0.2) is 6.29 Å². The van der Waals surface area contributed by atoms with Crippen molar-refractivity contribution in [2.24, 2.45) is 0 Å². The van der Waals surface area contributed by atoms with Gasteiger partial charge >= 0.3 is 0 Å². The number of hydrogen-bond acceptors (Lipinski definition) is 8. The molecule has 9 nitrogen and oxygen atoms in total. The summed E-state index contributed by atoms with van der Waals surface area (Å²) in [6.45, 7) is 3.84. The number of nitrogens with one attached hydrogen (secondary N) is 1. The Labute approximate surface area is 363 Å². The van der Waals surface area contributed by atoms with Crippen LogP contribution in [0, 0.1) is 0 Å². The number of unbranched alkanes of at least 4 members (excludes halogenated alkanes) is 31. The fraction of sp³-hybridized carbons (Fsp3) is 0.940. The molecule has 7 atom stereocenters. The molecule has 1 aliphatic rings. The van der Waals surface area contributed by atoms with E-state index < -0.39 is 49.5 Å². The van der Waals surface area contributed by atoms with Crippen LogP contribution in [-0.2, 0) is 14.3 Å². The molecule has 0 spiro atoms. The molecule has 0 aromatic heterocycles. The molecule has 1 rings (SSSR count). The maximum Gasteiger partial charge on any atom is 0.220 e. The molecule has 0 aliphatic carbocycles. The van der Waals surface area contributed by atoms with Crippen LogP contribution >= 0.6 is 0 Å². The smallest absolute Gasteiger partial charge is 0.220 e. The third kappa shape index (κ3) is 31.4. The molecular weight excluding hydrogens is 743 g/mol. The number of rotatable bonds is 43. The summed E-state index contributed by atoms with van der Waals surface area (Å²) in [6, 6.07) is -0.730. The molecule has 0 aromatic carbocycles. The minimum atomic E-state index is -1.55. The number of ether oxygens (including phenoxy) is 2. The highest BCUT2D eigenvalue weighted by Crippen LogP contribution is 2.23. The fourth-order valence-corrected chi connectivity index (χ4v) is 8.27. The maximum absolute atomic E-state index is 13.0. The summed E-state index contributed by atoms with van der Waals surface area (Å²) >= 11 is 0. The number of amides is 1. The van der Waals surface area contributed by atoms with E-state index in [1.165, 1.54) is 173 Å². The molecule has 1 saturated heterocycles. The first-order valence-electron chi connectivity index (χ1n) is 25.4. The molecular formula is C50H97NO8. The number of allylic oxidation sites excluding steroid dienone is 2. The van der Waals surface area contributed by atoms with E-state index in [9.17, 15) is 30.3 Å². The first kappa shape index (κ1) is 55.9. The zero-order valence-electron chi connectivity index (χ0n) is 38.5. The summed E-state index contributed by atoms with van der Waals surface area (Å²) in [4.78, 5) is 13.0. The Kier molecular flexibility index (Phi) is 38.9. The van der Waals surface area contributed by atoms with Crippen LogP contribution in [0.1, 0.15) is 245 Å². The molecule has 59 heavy (non-hydrogen) atoms. The largest absolute Gasteiger partial charge is 0.394 e. The first-order chi connectivity index (χ1) is 28.8. The van der Waals surface area contributed by atoms with Crippen molar-refractivity contribution in [2.75, 3.05) is 13.2 Å². The van der Waals surface area contributed by atoms with Crippen molar-refractivity contribution in [1.82, 2.24) is 5.32 Å². The Morgan fingerprint density at radius 2 is 0.949 bits per heavy atom. The molecule has 1 heterocycles. The summed E-state index contributed by atoms with van der Waals surface area (Å²) in [5.74, 6) is -0.149. The van der Waals surface area contributed by atoms with Crippen LogP contribution in [0.3, 0.4) is 0 Å². The van der Waals surface area contributed by atoms with Crippen LogP contribution < -0.4 is 5.32 Å². The van der Waals surface area contributed by atoms with Gasteiger partial charge in [-0.1, -0.05) is 212 Å². The van der Waals surface area contributed by atoms with E-state index in [-0.39, 0.29) is 12.5 Å². The third-order valence-electron chi connectivity index (χ3n) is 12.4. The van der Waals surface area contributed by atoms with Crippen LogP contribution in [0.15, 0.2) is 12.2 Å². The molecule has 0 aromatic rings. The van der Waals surface area contributed by atoms with Gasteiger partial charge in [-0.2, -0.15) is 0 Å². The second kappa shape index (κ2) is 41.0. The molecule has 9 heteroatoms. The highest BCUT2D eigenvalue weighted by atomic mass is 16.7. The van der Waals surface area contributed by atoms with Gasteiger partial charge in [0.25, 0.3) is 0 Å². The molecule has 0 radical (unpaired) electrons. The van der Waals surface area contributed by atoms with Crippen LogP contribution in [0.5, 0.6) is 0 Å². The van der Waals surface area contributed by atoms with Gasteiger partial charge < -0.3 is 40.3 Å². The van der Waals surface area contributed by atoms with Gasteiger partial charge in [0.1, 0.15) is 24.4 Å². The highest BCUT2D eigenvalue weighted by Gasteiger charge is 2.44. The molecule has 350 valence electrons. The van der Waals surface area contributed by atoms with Gasteiger partial charge in [-0.25, -0.2) is 0 Å². The third-order valence-corrected chi connectivity index (χ3v) is 12.4. The number of hydrogen-bond donors (Lipinski definition) is 6. The molecule has 1 amide bonds. The lowest BCUT2D eigenvalue weighted by Gasteiger charge is -2.40. The topological polar surface area (TPSA) is 149 Å². The fourth-order valence-electron chi connectivity index (χ4n) is 8.27. The summed E-state index contributed by atoms with van der Waals surface area (Å²) in [5, 5.41) is 54.5. The molecule has 1 aliphatic heterocycles. The number of aliphatic hydroxyl groups excluding tert-OH is 5. The van der Waals surface area contributed by atoms with E-state index in [1.807, 2.05) is 0 Å². The number of carbonyl (C=O) groups excluding carboxylic acids is 1. The van der Waals surface area contributed by atoms with Crippen molar-refractivity contribution >= 4 is 5.91 Å². The van der Waals surface area contributed by atoms with Crippen molar-refractivity contribution in [3.63, 3.8) is 0 Å². The predicted octanol–water partition coefficient (Wildman–Crippen LogP) is 11.3. The van der Waals surface area contributed by atoms with Crippen LogP contribution in [0.25, 0.3) is 0 Å². The van der Waals surface area contributed by atoms with E-state index in [0.717, 1.165) is 44.9 Å². The lowest BCUT2D eigenvalue weighted by molar-refractivity contribution is -0.302. The highest BCUT2D eigenvalue weighted by molar-refractivity contribution is 5.76. The number of aliphatic hydroxyl groups is 5. The van der Waals surface area contributed by atoms with Gasteiger partial charge in [-0.05, 0) is 38.5 Å². The minimum Gasteiger partial charge on any atom is -0.394 e. The minimum absolute atomic E-state index is 0.145. The van der Waals surface area contributed by atoms with Crippen molar-refractivity contribution < 1.29 is 39.8 Å². The zero-order valence-corrected chi connectivity index (χ0v) is 38.5. The van der Waals surface area contributed by atoms with Crippen LogP contribution in [-0.4, -0.2) is 87.5 Å². The second-order valence-corrected chi connectivity index (χ2v) is 18.0. The average molecular weight is 840 g/mol. The summed E-state index contributed by atoms with van der Waals surface area (Å²) in [6.07, 6.45) is 40.8. The summed E-state index contributed by atoms with van der Waals surface area (Å²) in [7, 11) is 0. The Morgan fingerprint density at radius 3 is 1.37 bits per heavy atom. The van der Waals surface area contributed by atoms with E-state index in [1.54, 1.807) is 0 Å². The van der Waals surface area contributed by atoms with Gasteiger partial charge in [-0.3, -0.25) is 4.79 Å². The van der Waals surface area contributed by atoms with E-state index >= 15 is 0 Å². The maximum atomic E-state index is 13.0. The van der Waals surface area contributed by atoms with Crippen molar-refractivity contribution in [3.05, 3.63) is 12.2 Å². The second-order valence-electron chi connectivity index (χ2n) is 18.0. The quantitative estimate of drug-likeness (QED) is 0.0263. The molecule has 0 saturated carbocycles. The van der Waals surface area contributed by atoms with Crippen LogP contribution in [0.2, 0.25) is 0 Å². The Hall–Kier alpha value is -1.07. The summed E-state index contributed by atoms with van der Waals surface area (Å²) < 4.78 is 11.3. The average Bonchev–Trinajstić information content (AvgIpc) is 3.23. The standard InChI is InChI=1S/C50H97NO8/c1-3-5-7-9-11-13-15-17-19-21-22-24-26-28-30-32-34-36-38-40-46(54)51-43(42-58-50-49(57)48(56)47(55)45(41-52)59-50)44(53)39-37-35-33-31-29-27-25-23-20-18-16-14-12-10-8-6-4-2/h29,31,43-45,47-50,52-53,55-57H,3-28,30,32-42H2,1-2H3,(H,51,54)/b31-29+/t43-,44+,45-,47-,48?,49?,50-/m0/s1. The van der Waals surface area contributed by atoms with Crippen molar-refractivity contribution in [1.29, 1.82) is 0 Å². The monoisotopic (exact) mass is 840 g/mol. The lowest BCUT2D eigenvalue weighted by Crippen LogP contribution is -2.60. The normalized spacial score (nSPS) is 20.7. The SMILES string of the molecule is CCCCCCCCCCCCC/C=C/CCCC[C@@H](O)[C@H](CO[C@H]1O[C@@H](CO)[C@H](O)C(O)C1O)NC(=O)CCCCCCCCCCCCCCCCCCCCC. The molecule has 2 unspecified atom stereocenters. The van der Waals surface area contributed by atoms with Gasteiger partial charge in [0.05, 0.1) is 25.4 Å². The lowest BCUT2D eigenvalue weighted by atomic mass is 9.99. The van der Waals surface area contributed by atoms with Crippen molar-refractivity contribution in [3.8, 4) is 0 Å². The molecule has 6 N–H and O–H groups in total. The Bertz CT molecular complexity index is 935. The zero-order chi connectivity index (χ0) is 43.0. The first-order valence-corrected chi connectivity index (χ1v) is 25.4. The predicted molar refractivity (Wildman–Crippen MR) is 244 cm³/mol. The van der Waals surface area contributed by atoms with Crippen molar-refractivity contribution in [2.45, 2.75) is 288 Å². The molecule has 0 bridgehead atoms. The van der Waals surface area contributed by atoms with E-state index in [2.05, 4.69) is 31.3 Å². The number of carbonyl (C=O) groups is 1. The van der Waals surface area contributed by atoms with Crippen LogP contribution in [0.4, 0.5) is 0 Å². The van der Waals surface area contributed by atoms with Gasteiger partial charge in [-0.15, -0.1) is 0 Å². The van der Waals surface area contributed by atoms with E-state index in [0.29, 0.717) is 12.8 Å². The van der Waals surface area contributed by atoms with Gasteiger partial charge in [0, 0.05) is 6.42 Å². The summed E-state index contributed by atoms with van der Waals surface area (Å²) in [5.41, 5.74) is 0. The Morgan fingerprint density at radius 1 is 0.559 bits per heavy atom. The van der Waals surface area contributed by atoms with E-state index in [4.69, 9.17) is 9.47 Å². The molecule has 1 fully saturated rings. The van der Waals surface area contributed by atoms with Gasteiger partial charge in [0.2, 0.25) is 5.91 Å².